The monoisotopic (exact) mass is 526 g/mol. The third-order valence-electron chi connectivity index (χ3n) is 6.73. The van der Waals surface area contributed by atoms with Crippen LogP contribution in [0.4, 0.5) is 0 Å². The lowest BCUT2D eigenvalue weighted by Crippen LogP contribution is -2.00. The predicted molar refractivity (Wildman–Crippen MR) is 151 cm³/mol. The Balaban J connectivity index is 1.01. The van der Waals surface area contributed by atoms with E-state index in [-0.39, 0.29) is 0 Å². The SMILES string of the molecule is C(#Cc1cc(-c2n[nH]c3c2Cc2ccc(Cn4cncn4)cc2-3)cs1)COc1ccc(-c2cccnc2)cc1. The molecule has 0 fully saturated rings. The summed E-state index contributed by atoms with van der Waals surface area (Å²) >= 11 is 1.62. The molecule has 1 aliphatic rings. The summed E-state index contributed by atoms with van der Waals surface area (Å²) in [7, 11) is 0. The van der Waals surface area contributed by atoms with Crippen LogP contribution in [0.1, 0.15) is 21.6 Å². The number of hydrogen-bond donors (Lipinski definition) is 1. The Morgan fingerprint density at radius 1 is 1.00 bits per heavy atom. The summed E-state index contributed by atoms with van der Waals surface area (Å²) in [4.78, 5) is 9.20. The zero-order valence-corrected chi connectivity index (χ0v) is 21.7. The predicted octanol–water partition coefficient (Wildman–Crippen LogP) is 5.84. The number of nitrogens with zero attached hydrogens (tertiary/aromatic N) is 5. The Bertz CT molecular complexity index is 1810. The molecule has 7 nitrogen and oxygen atoms in total. The standard InChI is InChI=1S/C31H22N6OS/c1-3-24(16-32-11-1)22-7-9-26(10-8-22)38-12-2-4-27-14-25(18-39-27)30-29-15-23-6-5-21(17-37-20-33-19-34-37)13-28(23)31(29)36-35-30/h1,3,5-11,13-14,16,18-20H,12,15,17H2,(H,35,36). The highest BCUT2D eigenvalue weighted by Crippen LogP contribution is 2.41. The van der Waals surface area contributed by atoms with Crippen molar-refractivity contribution in [2.24, 2.45) is 0 Å². The molecule has 0 amide bonds. The molecule has 2 aromatic carbocycles. The van der Waals surface area contributed by atoms with Gasteiger partial charge in [-0.2, -0.15) is 10.2 Å². The van der Waals surface area contributed by atoms with E-state index in [1.165, 1.54) is 22.3 Å². The second kappa shape index (κ2) is 10.0. The number of fused-ring (bicyclic) bond motifs is 3. The molecule has 7 rings (SSSR count). The Kier molecular flexibility index (Phi) is 5.96. The van der Waals surface area contributed by atoms with Crippen LogP contribution in [0.15, 0.2) is 91.1 Å². The van der Waals surface area contributed by atoms with Gasteiger partial charge in [-0.1, -0.05) is 42.2 Å². The summed E-state index contributed by atoms with van der Waals surface area (Å²) in [5.74, 6) is 7.16. The molecule has 1 N–H and O–H groups in total. The molecular weight excluding hydrogens is 504 g/mol. The van der Waals surface area contributed by atoms with Crippen molar-refractivity contribution in [2.45, 2.75) is 13.0 Å². The lowest BCUT2D eigenvalue weighted by Gasteiger charge is -2.05. The molecule has 188 valence electrons. The number of thiophene rings is 1. The first-order valence-electron chi connectivity index (χ1n) is 12.5. The summed E-state index contributed by atoms with van der Waals surface area (Å²) in [5, 5.41) is 14.3. The van der Waals surface area contributed by atoms with Gasteiger partial charge in [-0.15, -0.1) is 11.3 Å². The van der Waals surface area contributed by atoms with Crippen molar-refractivity contribution in [3.8, 4) is 51.2 Å². The summed E-state index contributed by atoms with van der Waals surface area (Å²) in [5.41, 5.74) is 10.3. The van der Waals surface area contributed by atoms with Crippen molar-refractivity contribution in [1.29, 1.82) is 0 Å². The van der Waals surface area contributed by atoms with Crippen molar-refractivity contribution in [1.82, 2.24) is 29.9 Å². The second-order valence-electron chi connectivity index (χ2n) is 9.24. The lowest BCUT2D eigenvalue weighted by molar-refractivity contribution is 0.370. The van der Waals surface area contributed by atoms with Gasteiger partial charge in [-0.3, -0.25) is 10.1 Å². The molecule has 0 bridgehead atoms. The number of aromatic nitrogens is 6. The van der Waals surface area contributed by atoms with Gasteiger partial charge in [0.2, 0.25) is 0 Å². The third kappa shape index (κ3) is 4.72. The molecule has 6 aromatic rings. The van der Waals surface area contributed by atoms with Crippen LogP contribution in [-0.2, 0) is 13.0 Å². The summed E-state index contributed by atoms with van der Waals surface area (Å²) in [6, 6.07) is 20.7. The van der Waals surface area contributed by atoms with Gasteiger partial charge in [0.1, 0.15) is 25.0 Å². The minimum Gasteiger partial charge on any atom is -0.481 e. The van der Waals surface area contributed by atoms with E-state index >= 15 is 0 Å². The van der Waals surface area contributed by atoms with Crippen molar-refractivity contribution < 1.29 is 4.74 Å². The van der Waals surface area contributed by atoms with Crippen LogP contribution in [0, 0.1) is 11.8 Å². The first-order chi connectivity index (χ1) is 19.3. The molecule has 1 aliphatic carbocycles. The number of hydrogen-bond acceptors (Lipinski definition) is 6. The molecule has 0 saturated carbocycles. The number of rotatable bonds is 6. The Morgan fingerprint density at radius 2 is 1.95 bits per heavy atom. The maximum Gasteiger partial charge on any atom is 0.149 e. The molecule has 0 atom stereocenters. The maximum absolute atomic E-state index is 5.83. The van der Waals surface area contributed by atoms with Crippen molar-refractivity contribution in [2.75, 3.05) is 6.61 Å². The van der Waals surface area contributed by atoms with E-state index < -0.39 is 0 Å². The van der Waals surface area contributed by atoms with Crippen molar-refractivity contribution in [3.05, 3.63) is 113 Å². The fourth-order valence-electron chi connectivity index (χ4n) is 4.85. The molecule has 0 saturated heterocycles. The Hall–Kier alpha value is -5.00. The number of nitrogens with one attached hydrogen (secondary N) is 1. The largest absolute Gasteiger partial charge is 0.481 e. The van der Waals surface area contributed by atoms with E-state index in [1.807, 2.05) is 47.3 Å². The fourth-order valence-corrected chi connectivity index (χ4v) is 5.60. The molecule has 4 aromatic heterocycles. The van der Waals surface area contributed by atoms with Crippen molar-refractivity contribution in [3.63, 3.8) is 0 Å². The Morgan fingerprint density at radius 3 is 2.79 bits per heavy atom. The number of aromatic amines is 1. The molecule has 4 heterocycles. The minimum absolute atomic E-state index is 0.323. The fraction of sp³-hybridized carbons (Fsp3) is 0.0968. The van der Waals surface area contributed by atoms with Crippen LogP contribution >= 0.6 is 11.3 Å². The van der Waals surface area contributed by atoms with Crippen LogP contribution in [0.3, 0.4) is 0 Å². The highest BCUT2D eigenvalue weighted by atomic mass is 32.1. The molecular formula is C31H22N6OS. The summed E-state index contributed by atoms with van der Waals surface area (Å²) in [6.45, 7) is 1.01. The topological polar surface area (TPSA) is 81.5 Å². The van der Waals surface area contributed by atoms with Crippen LogP contribution in [0.2, 0.25) is 0 Å². The molecule has 0 unspecified atom stereocenters. The quantitative estimate of drug-likeness (QED) is 0.275. The van der Waals surface area contributed by atoms with E-state index in [1.54, 1.807) is 30.2 Å². The van der Waals surface area contributed by atoms with Gasteiger partial charge in [0.05, 0.1) is 22.8 Å². The van der Waals surface area contributed by atoms with E-state index in [0.29, 0.717) is 13.2 Å². The number of benzene rings is 2. The highest BCUT2D eigenvalue weighted by molar-refractivity contribution is 7.11. The average Bonchev–Trinajstić information content (AvgIpc) is 3.78. The first-order valence-corrected chi connectivity index (χ1v) is 13.4. The van der Waals surface area contributed by atoms with Crippen LogP contribution in [0.25, 0.3) is 33.6 Å². The summed E-state index contributed by atoms with van der Waals surface area (Å²) in [6.07, 6.45) is 7.78. The van der Waals surface area contributed by atoms with Crippen LogP contribution in [-0.4, -0.2) is 36.6 Å². The molecule has 8 heteroatoms. The lowest BCUT2D eigenvalue weighted by atomic mass is 10.1. The number of pyridine rings is 1. The highest BCUT2D eigenvalue weighted by Gasteiger charge is 2.25. The van der Waals surface area contributed by atoms with Gasteiger partial charge in [-0.25, -0.2) is 9.67 Å². The minimum atomic E-state index is 0.323. The normalized spacial score (nSPS) is 11.5. The first kappa shape index (κ1) is 23.1. The summed E-state index contributed by atoms with van der Waals surface area (Å²) < 4.78 is 7.65. The van der Waals surface area contributed by atoms with E-state index in [4.69, 9.17) is 4.74 Å². The van der Waals surface area contributed by atoms with E-state index in [2.05, 4.69) is 66.8 Å². The Labute approximate surface area is 229 Å². The van der Waals surface area contributed by atoms with Gasteiger partial charge in [0.15, 0.2) is 0 Å². The number of H-pyrrole nitrogens is 1. The van der Waals surface area contributed by atoms with Crippen LogP contribution < -0.4 is 4.74 Å². The van der Waals surface area contributed by atoms with Gasteiger partial charge >= 0.3 is 0 Å². The molecule has 0 spiro atoms. The zero-order chi connectivity index (χ0) is 26.0. The van der Waals surface area contributed by atoms with E-state index in [9.17, 15) is 0 Å². The van der Waals surface area contributed by atoms with Crippen molar-refractivity contribution >= 4 is 11.3 Å². The second-order valence-corrected chi connectivity index (χ2v) is 10.2. The molecule has 39 heavy (non-hydrogen) atoms. The van der Waals surface area contributed by atoms with Gasteiger partial charge in [0.25, 0.3) is 0 Å². The van der Waals surface area contributed by atoms with Crippen LogP contribution in [0.5, 0.6) is 5.75 Å². The average molecular weight is 527 g/mol. The smallest absolute Gasteiger partial charge is 0.149 e. The maximum atomic E-state index is 5.83. The van der Waals surface area contributed by atoms with Gasteiger partial charge in [0, 0.05) is 40.9 Å². The molecule has 0 aliphatic heterocycles. The van der Waals surface area contributed by atoms with Gasteiger partial charge < -0.3 is 4.74 Å². The zero-order valence-electron chi connectivity index (χ0n) is 20.8. The molecule has 0 radical (unpaired) electrons. The number of ether oxygens (including phenoxy) is 1. The van der Waals surface area contributed by atoms with E-state index in [0.717, 1.165) is 45.1 Å². The third-order valence-corrected chi connectivity index (χ3v) is 7.58. The van der Waals surface area contributed by atoms with Gasteiger partial charge in [-0.05, 0) is 52.6 Å².